The van der Waals surface area contributed by atoms with E-state index in [9.17, 15) is 0 Å². The molecular formula is C14H35N3O5. The van der Waals surface area contributed by atoms with Crippen molar-refractivity contribution in [2.75, 3.05) is 81.0 Å². The maximum atomic E-state index is 8.09. The van der Waals surface area contributed by atoms with E-state index in [2.05, 4.69) is 9.64 Å². The Labute approximate surface area is 134 Å². The Morgan fingerprint density at radius 3 is 1.77 bits per heavy atom. The molecule has 8 heteroatoms. The molecule has 0 radical (unpaired) electrons. The van der Waals surface area contributed by atoms with Crippen molar-refractivity contribution in [3.8, 4) is 0 Å². The molecule has 1 unspecified atom stereocenters. The van der Waals surface area contributed by atoms with Gasteiger partial charge in [-0.25, -0.2) is 0 Å². The van der Waals surface area contributed by atoms with Gasteiger partial charge in [-0.05, 0) is 35.1 Å². The van der Waals surface area contributed by atoms with E-state index in [1.165, 1.54) is 0 Å². The zero-order valence-electron chi connectivity index (χ0n) is 14.7. The van der Waals surface area contributed by atoms with Crippen LogP contribution in [0.3, 0.4) is 0 Å². The van der Waals surface area contributed by atoms with E-state index in [-0.39, 0.29) is 13.2 Å². The number of likely N-dealkylation sites (N-methyl/N-ethyl adjacent to an activating group) is 1. The van der Waals surface area contributed by atoms with E-state index >= 15 is 0 Å². The summed E-state index contributed by atoms with van der Waals surface area (Å²) in [7, 11) is 7.80. The first-order chi connectivity index (χ1) is 10.3. The molecule has 22 heavy (non-hydrogen) atoms. The Morgan fingerprint density at radius 2 is 1.36 bits per heavy atom. The van der Waals surface area contributed by atoms with Crippen molar-refractivity contribution in [3.63, 3.8) is 0 Å². The highest BCUT2D eigenvalue weighted by Crippen LogP contribution is 2.03. The van der Waals surface area contributed by atoms with Gasteiger partial charge in [-0.1, -0.05) is 0 Å². The largest absolute Gasteiger partial charge is 0.394 e. The normalized spacial score (nSPS) is 13.9. The van der Waals surface area contributed by atoms with E-state index < -0.39 is 5.85 Å². The molecule has 0 spiro atoms. The molecular weight excluding hydrogens is 290 g/mol. The van der Waals surface area contributed by atoms with Gasteiger partial charge >= 0.3 is 0 Å². The SMILES string of the molecule is CN(C)CCOCCOC(C)(N)N(C)C.OCCOCCO. The van der Waals surface area contributed by atoms with Gasteiger partial charge in [0.25, 0.3) is 0 Å². The second kappa shape index (κ2) is 15.6. The van der Waals surface area contributed by atoms with Crippen LogP contribution in [-0.2, 0) is 14.2 Å². The fourth-order valence-corrected chi connectivity index (χ4v) is 1.02. The van der Waals surface area contributed by atoms with Crippen molar-refractivity contribution in [2.24, 2.45) is 5.73 Å². The van der Waals surface area contributed by atoms with Crippen LogP contribution in [0.2, 0.25) is 0 Å². The molecule has 0 heterocycles. The third-order valence-electron chi connectivity index (χ3n) is 2.66. The first kappa shape index (κ1) is 23.9. The molecule has 1 atom stereocenters. The lowest BCUT2D eigenvalue weighted by Crippen LogP contribution is -2.52. The molecule has 0 saturated carbocycles. The van der Waals surface area contributed by atoms with Gasteiger partial charge in [0, 0.05) is 6.54 Å². The van der Waals surface area contributed by atoms with Crippen molar-refractivity contribution in [1.82, 2.24) is 9.80 Å². The fraction of sp³-hybridized carbons (Fsp3) is 1.00. The van der Waals surface area contributed by atoms with Gasteiger partial charge in [0.05, 0.1) is 46.2 Å². The lowest BCUT2D eigenvalue weighted by Gasteiger charge is -2.31. The smallest absolute Gasteiger partial charge is 0.171 e. The standard InChI is InChI=1S/C10H25N3O2.C4H10O3/c1-10(11,13(4)5)15-9-8-14-7-6-12(2)3;5-1-3-7-4-2-6/h6-9,11H2,1-5H3;5-6H,1-4H2. The zero-order valence-corrected chi connectivity index (χ0v) is 14.7. The lowest BCUT2D eigenvalue weighted by molar-refractivity contribution is -0.132. The van der Waals surface area contributed by atoms with E-state index in [4.69, 9.17) is 25.4 Å². The van der Waals surface area contributed by atoms with Gasteiger partial charge in [-0.3, -0.25) is 10.6 Å². The molecule has 0 bridgehead atoms. The Bertz CT molecular complexity index is 225. The summed E-state index contributed by atoms with van der Waals surface area (Å²) >= 11 is 0. The second-order valence-electron chi connectivity index (χ2n) is 5.27. The summed E-state index contributed by atoms with van der Waals surface area (Å²) in [5.41, 5.74) is 5.86. The minimum absolute atomic E-state index is 0.0278. The van der Waals surface area contributed by atoms with Crippen LogP contribution in [0.5, 0.6) is 0 Å². The van der Waals surface area contributed by atoms with Crippen molar-refractivity contribution >= 4 is 0 Å². The highest BCUT2D eigenvalue weighted by molar-refractivity contribution is 4.61. The summed E-state index contributed by atoms with van der Waals surface area (Å²) in [6.07, 6.45) is 0. The van der Waals surface area contributed by atoms with Crippen LogP contribution in [-0.4, -0.2) is 107 Å². The minimum atomic E-state index is -0.717. The van der Waals surface area contributed by atoms with Crippen molar-refractivity contribution in [3.05, 3.63) is 0 Å². The fourth-order valence-electron chi connectivity index (χ4n) is 1.02. The topological polar surface area (TPSA) is 101 Å². The van der Waals surface area contributed by atoms with Gasteiger partial charge in [0.2, 0.25) is 0 Å². The summed E-state index contributed by atoms with van der Waals surface area (Å²) in [4.78, 5) is 3.90. The van der Waals surface area contributed by atoms with Gasteiger partial charge < -0.3 is 29.3 Å². The van der Waals surface area contributed by atoms with Crippen molar-refractivity contribution in [2.45, 2.75) is 12.8 Å². The molecule has 0 aliphatic heterocycles. The predicted octanol–water partition coefficient (Wildman–Crippen LogP) is -1.24. The Kier molecular flexibility index (Phi) is 16.9. The first-order valence-corrected chi connectivity index (χ1v) is 7.40. The van der Waals surface area contributed by atoms with Crippen molar-refractivity contribution < 1.29 is 24.4 Å². The molecule has 0 aromatic heterocycles. The third-order valence-corrected chi connectivity index (χ3v) is 2.66. The number of nitrogens with two attached hydrogens (primary N) is 1. The van der Waals surface area contributed by atoms with Gasteiger partial charge in [-0.15, -0.1) is 0 Å². The highest BCUT2D eigenvalue weighted by Gasteiger charge is 2.20. The molecule has 0 aliphatic carbocycles. The summed E-state index contributed by atoms with van der Waals surface area (Å²) < 4.78 is 15.5. The number of hydrogen-bond acceptors (Lipinski definition) is 8. The lowest BCUT2D eigenvalue weighted by atomic mass is 10.4. The van der Waals surface area contributed by atoms with Crippen molar-refractivity contribution in [1.29, 1.82) is 0 Å². The van der Waals surface area contributed by atoms with Crippen LogP contribution in [0.1, 0.15) is 6.92 Å². The molecule has 8 nitrogen and oxygen atoms in total. The van der Waals surface area contributed by atoms with Gasteiger partial charge in [0.15, 0.2) is 5.85 Å². The van der Waals surface area contributed by atoms with Crippen LogP contribution in [0.25, 0.3) is 0 Å². The molecule has 4 N–H and O–H groups in total. The Hall–Kier alpha value is -0.320. The van der Waals surface area contributed by atoms with Gasteiger partial charge in [-0.2, -0.15) is 0 Å². The molecule has 136 valence electrons. The number of rotatable bonds is 12. The number of hydrogen-bond donors (Lipinski definition) is 3. The molecule has 0 aromatic rings. The molecule has 0 saturated heterocycles. The number of ether oxygens (including phenoxy) is 3. The van der Waals surface area contributed by atoms with Crippen LogP contribution in [0.4, 0.5) is 0 Å². The number of aliphatic hydroxyl groups excluding tert-OH is 2. The minimum Gasteiger partial charge on any atom is -0.394 e. The van der Waals surface area contributed by atoms with E-state index in [0.717, 1.165) is 13.2 Å². The summed E-state index contributed by atoms with van der Waals surface area (Å²) in [5.74, 6) is -0.717. The predicted molar refractivity (Wildman–Crippen MR) is 86.6 cm³/mol. The van der Waals surface area contributed by atoms with E-state index in [1.54, 1.807) is 0 Å². The van der Waals surface area contributed by atoms with Crippen LogP contribution in [0.15, 0.2) is 0 Å². The summed E-state index contributed by atoms with van der Waals surface area (Å²) in [5, 5.41) is 16.2. The van der Waals surface area contributed by atoms with Crippen LogP contribution >= 0.6 is 0 Å². The Morgan fingerprint density at radius 1 is 0.864 bits per heavy atom. The first-order valence-electron chi connectivity index (χ1n) is 7.40. The number of aliphatic hydroxyl groups is 2. The molecule has 0 aromatic carbocycles. The van der Waals surface area contributed by atoms with Crippen LogP contribution < -0.4 is 5.73 Å². The average Bonchev–Trinajstić information content (AvgIpc) is 2.43. The summed E-state index contributed by atoms with van der Waals surface area (Å²) in [6, 6.07) is 0. The monoisotopic (exact) mass is 325 g/mol. The van der Waals surface area contributed by atoms with Gasteiger partial charge in [0.1, 0.15) is 0 Å². The molecule has 0 aliphatic rings. The Balaban J connectivity index is 0. The maximum absolute atomic E-state index is 8.09. The van der Waals surface area contributed by atoms with E-state index in [0.29, 0.717) is 26.4 Å². The van der Waals surface area contributed by atoms with Crippen LogP contribution in [0, 0.1) is 0 Å². The molecule has 0 fully saturated rings. The molecule has 0 rings (SSSR count). The quantitative estimate of drug-likeness (QED) is 0.303. The maximum Gasteiger partial charge on any atom is 0.171 e. The summed E-state index contributed by atoms with van der Waals surface area (Å²) in [6.45, 7) is 5.26. The van der Waals surface area contributed by atoms with E-state index in [1.807, 2.05) is 40.0 Å². The average molecular weight is 325 g/mol. The molecule has 0 amide bonds. The third kappa shape index (κ3) is 17.7. The highest BCUT2D eigenvalue weighted by atomic mass is 16.6. The zero-order chi connectivity index (χ0) is 17.4. The second-order valence-corrected chi connectivity index (χ2v) is 5.27. The number of nitrogens with zero attached hydrogens (tertiary/aromatic N) is 2.